The van der Waals surface area contributed by atoms with Gasteiger partial charge >= 0.3 is 5.97 Å². The molecule has 0 spiro atoms. The van der Waals surface area contributed by atoms with Crippen molar-refractivity contribution in [3.8, 4) is 11.1 Å². The van der Waals surface area contributed by atoms with Crippen molar-refractivity contribution >= 4 is 5.97 Å². The largest absolute Gasteiger partial charge is 0.457 e. The molecule has 4 heteroatoms. The van der Waals surface area contributed by atoms with Crippen molar-refractivity contribution in [3.63, 3.8) is 0 Å². The minimum atomic E-state index is -0.597. The zero-order valence-electron chi connectivity index (χ0n) is 11.5. The van der Waals surface area contributed by atoms with Crippen molar-refractivity contribution in [2.24, 2.45) is 5.92 Å². The lowest BCUT2D eigenvalue weighted by molar-refractivity contribution is -0.144. The van der Waals surface area contributed by atoms with Crippen molar-refractivity contribution in [2.75, 3.05) is 0 Å². The zero-order chi connectivity index (χ0) is 15.0. The summed E-state index contributed by atoms with van der Waals surface area (Å²) in [5, 5.41) is 0. The normalized spacial score (nSPS) is 21.4. The summed E-state index contributed by atoms with van der Waals surface area (Å²) in [6.07, 6.45) is 0.419. The summed E-state index contributed by atoms with van der Waals surface area (Å²) in [6.45, 7) is 1.84. The third kappa shape index (κ3) is 2.66. The van der Waals surface area contributed by atoms with E-state index in [0.29, 0.717) is 17.5 Å². The summed E-state index contributed by atoms with van der Waals surface area (Å²) in [5.74, 6) is -1.47. The molecule has 0 aromatic heterocycles. The first-order chi connectivity index (χ1) is 10.0. The van der Waals surface area contributed by atoms with Gasteiger partial charge in [-0.05, 0) is 23.3 Å². The fourth-order valence-electron chi connectivity index (χ4n) is 2.53. The Bertz CT molecular complexity index is 680. The van der Waals surface area contributed by atoms with Crippen LogP contribution in [0.25, 0.3) is 11.1 Å². The molecule has 1 aliphatic rings. The van der Waals surface area contributed by atoms with Crippen molar-refractivity contribution in [1.29, 1.82) is 0 Å². The Balaban J connectivity index is 1.86. The Morgan fingerprint density at radius 2 is 1.81 bits per heavy atom. The van der Waals surface area contributed by atoms with Crippen molar-refractivity contribution in [2.45, 2.75) is 19.4 Å². The second-order valence-corrected chi connectivity index (χ2v) is 5.31. The van der Waals surface area contributed by atoms with Crippen LogP contribution in [0.1, 0.15) is 25.0 Å². The molecule has 21 heavy (non-hydrogen) atoms. The van der Waals surface area contributed by atoms with E-state index >= 15 is 0 Å². The standard InChI is InChI=1S/C17H14F2O2/c1-10-8-16(21-17(10)20)12-4-2-11(3-5-12)14-7-6-13(18)9-15(14)19/h2-7,9-10,16H,8H2,1H3/t10-,16-/m0/s1. The topological polar surface area (TPSA) is 26.3 Å². The molecule has 0 saturated carbocycles. The molecule has 1 heterocycles. The van der Waals surface area contributed by atoms with E-state index in [-0.39, 0.29) is 18.0 Å². The molecule has 2 aromatic carbocycles. The lowest BCUT2D eigenvalue weighted by atomic mass is 9.98. The third-order valence-electron chi connectivity index (χ3n) is 3.75. The Morgan fingerprint density at radius 3 is 2.38 bits per heavy atom. The van der Waals surface area contributed by atoms with Gasteiger partial charge in [-0.2, -0.15) is 0 Å². The first kappa shape index (κ1) is 13.7. The molecule has 108 valence electrons. The lowest BCUT2D eigenvalue weighted by Crippen LogP contribution is -2.01. The van der Waals surface area contributed by atoms with Gasteiger partial charge in [0.25, 0.3) is 0 Å². The summed E-state index contributed by atoms with van der Waals surface area (Å²) in [7, 11) is 0. The van der Waals surface area contributed by atoms with Crippen LogP contribution in [0, 0.1) is 17.6 Å². The molecular weight excluding hydrogens is 274 g/mol. The molecule has 1 aliphatic heterocycles. The van der Waals surface area contributed by atoms with Gasteiger partial charge in [0.05, 0.1) is 5.92 Å². The van der Waals surface area contributed by atoms with E-state index in [1.807, 2.05) is 19.1 Å². The number of esters is 1. The lowest BCUT2D eigenvalue weighted by Gasteiger charge is -2.10. The van der Waals surface area contributed by atoms with Crippen LogP contribution >= 0.6 is 0 Å². The number of halogens is 2. The number of carbonyl (C=O) groups is 1. The van der Waals surface area contributed by atoms with E-state index in [2.05, 4.69) is 0 Å². The fourth-order valence-corrected chi connectivity index (χ4v) is 2.53. The molecule has 0 radical (unpaired) electrons. The summed E-state index contributed by atoms with van der Waals surface area (Å²) >= 11 is 0. The number of rotatable bonds is 2. The number of benzene rings is 2. The quantitative estimate of drug-likeness (QED) is 0.772. The van der Waals surface area contributed by atoms with E-state index in [1.54, 1.807) is 12.1 Å². The first-order valence-electron chi connectivity index (χ1n) is 6.80. The highest BCUT2D eigenvalue weighted by Crippen LogP contribution is 2.34. The van der Waals surface area contributed by atoms with Gasteiger partial charge in [0.15, 0.2) is 0 Å². The Labute approximate surface area is 121 Å². The van der Waals surface area contributed by atoms with Crippen LogP contribution in [-0.2, 0) is 9.53 Å². The van der Waals surface area contributed by atoms with Crippen LogP contribution < -0.4 is 0 Å². The molecule has 0 unspecified atom stereocenters. The fraction of sp³-hybridized carbons (Fsp3) is 0.235. The second-order valence-electron chi connectivity index (χ2n) is 5.31. The summed E-state index contributed by atoms with van der Waals surface area (Å²) in [6, 6.07) is 10.6. The summed E-state index contributed by atoms with van der Waals surface area (Å²) in [5.41, 5.74) is 1.90. The van der Waals surface area contributed by atoms with Crippen molar-refractivity contribution in [3.05, 3.63) is 59.7 Å². The second kappa shape index (κ2) is 5.28. The maximum absolute atomic E-state index is 13.7. The van der Waals surface area contributed by atoms with Crippen LogP contribution in [0.4, 0.5) is 8.78 Å². The first-order valence-corrected chi connectivity index (χ1v) is 6.80. The van der Waals surface area contributed by atoms with E-state index < -0.39 is 11.6 Å². The third-order valence-corrected chi connectivity index (χ3v) is 3.75. The molecule has 3 rings (SSSR count). The van der Waals surface area contributed by atoms with Crippen LogP contribution in [-0.4, -0.2) is 5.97 Å². The Morgan fingerprint density at radius 1 is 1.10 bits per heavy atom. The zero-order valence-corrected chi connectivity index (χ0v) is 11.5. The summed E-state index contributed by atoms with van der Waals surface area (Å²) in [4.78, 5) is 11.4. The molecule has 1 fully saturated rings. The molecule has 0 amide bonds. The highest BCUT2D eigenvalue weighted by Gasteiger charge is 2.31. The smallest absolute Gasteiger partial charge is 0.309 e. The molecule has 2 nitrogen and oxygen atoms in total. The number of hydrogen-bond donors (Lipinski definition) is 0. The molecule has 0 N–H and O–H groups in total. The van der Waals surface area contributed by atoms with E-state index in [4.69, 9.17) is 4.74 Å². The van der Waals surface area contributed by atoms with Crippen LogP contribution in [0.5, 0.6) is 0 Å². The maximum Gasteiger partial charge on any atom is 0.309 e. The average Bonchev–Trinajstić information content (AvgIpc) is 2.79. The van der Waals surface area contributed by atoms with Gasteiger partial charge in [-0.15, -0.1) is 0 Å². The number of hydrogen-bond acceptors (Lipinski definition) is 2. The molecular formula is C17H14F2O2. The van der Waals surface area contributed by atoms with E-state index in [0.717, 1.165) is 11.6 Å². The predicted molar refractivity (Wildman–Crippen MR) is 74.4 cm³/mol. The van der Waals surface area contributed by atoms with Crippen LogP contribution in [0.2, 0.25) is 0 Å². The van der Waals surface area contributed by atoms with Crippen molar-refractivity contribution < 1.29 is 18.3 Å². The molecule has 2 atom stereocenters. The Kier molecular flexibility index (Phi) is 3.45. The molecule has 2 aromatic rings. The van der Waals surface area contributed by atoms with Gasteiger partial charge in [0.2, 0.25) is 0 Å². The van der Waals surface area contributed by atoms with E-state index in [9.17, 15) is 13.6 Å². The highest BCUT2D eigenvalue weighted by atomic mass is 19.1. The van der Waals surface area contributed by atoms with E-state index in [1.165, 1.54) is 12.1 Å². The van der Waals surface area contributed by atoms with Gasteiger partial charge in [-0.1, -0.05) is 31.2 Å². The average molecular weight is 288 g/mol. The SMILES string of the molecule is C[C@H]1C[C@@H](c2ccc(-c3ccc(F)cc3F)cc2)OC1=O. The predicted octanol–water partition coefficient (Wildman–Crippen LogP) is 4.26. The van der Waals surface area contributed by atoms with Crippen LogP contribution in [0.3, 0.4) is 0 Å². The minimum Gasteiger partial charge on any atom is -0.457 e. The number of ether oxygens (including phenoxy) is 1. The Hall–Kier alpha value is -2.23. The van der Waals surface area contributed by atoms with Gasteiger partial charge in [-0.25, -0.2) is 8.78 Å². The number of cyclic esters (lactones) is 1. The van der Waals surface area contributed by atoms with Gasteiger partial charge in [0, 0.05) is 18.1 Å². The molecule has 0 bridgehead atoms. The van der Waals surface area contributed by atoms with Gasteiger partial charge in [0.1, 0.15) is 17.7 Å². The maximum atomic E-state index is 13.7. The van der Waals surface area contributed by atoms with Crippen LogP contribution in [0.15, 0.2) is 42.5 Å². The number of carbonyl (C=O) groups excluding carboxylic acids is 1. The van der Waals surface area contributed by atoms with Gasteiger partial charge < -0.3 is 4.74 Å². The minimum absolute atomic E-state index is 0.0933. The molecule has 0 aliphatic carbocycles. The van der Waals surface area contributed by atoms with Gasteiger partial charge in [-0.3, -0.25) is 4.79 Å². The highest BCUT2D eigenvalue weighted by molar-refractivity contribution is 5.74. The van der Waals surface area contributed by atoms with Crippen molar-refractivity contribution in [1.82, 2.24) is 0 Å². The molecule has 1 saturated heterocycles. The monoisotopic (exact) mass is 288 g/mol. The summed E-state index contributed by atoms with van der Waals surface area (Å²) < 4.78 is 31.9.